The summed E-state index contributed by atoms with van der Waals surface area (Å²) in [5, 5.41) is 0. The van der Waals surface area contributed by atoms with E-state index in [9.17, 15) is 4.79 Å². The summed E-state index contributed by atoms with van der Waals surface area (Å²) in [5.41, 5.74) is 1.19. The Morgan fingerprint density at radius 1 is 1.19 bits per heavy atom. The van der Waals surface area contributed by atoms with Gasteiger partial charge >= 0.3 is 0 Å². The monoisotopic (exact) mass is 290 g/mol. The second kappa shape index (κ2) is 7.46. The first-order chi connectivity index (χ1) is 10.1. The molecule has 1 aliphatic heterocycles. The van der Waals surface area contributed by atoms with Gasteiger partial charge in [-0.1, -0.05) is 24.6 Å². The van der Waals surface area contributed by atoms with Gasteiger partial charge in [0, 0.05) is 32.2 Å². The molecule has 1 fully saturated rings. The highest BCUT2D eigenvalue weighted by Gasteiger charge is 2.23. The molecule has 0 saturated carbocycles. The van der Waals surface area contributed by atoms with E-state index in [0.29, 0.717) is 6.04 Å². The van der Waals surface area contributed by atoms with E-state index < -0.39 is 0 Å². The van der Waals surface area contributed by atoms with Crippen molar-refractivity contribution < 1.29 is 9.53 Å². The van der Waals surface area contributed by atoms with Crippen LogP contribution in [0.5, 0.6) is 5.75 Å². The van der Waals surface area contributed by atoms with Gasteiger partial charge in [0.15, 0.2) is 6.61 Å². The van der Waals surface area contributed by atoms with Gasteiger partial charge in [0.05, 0.1) is 0 Å². The van der Waals surface area contributed by atoms with E-state index in [1.54, 1.807) is 0 Å². The minimum atomic E-state index is 0.0828. The van der Waals surface area contributed by atoms with Crippen LogP contribution in [0, 0.1) is 6.92 Å². The predicted molar refractivity (Wildman–Crippen MR) is 84.6 cm³/mol. The SMILES string of the molecule is CC[C@H](C)N1CCN(C(=O)COc2ccc(C)cc2)CC1. The highest BCUT2D eigenvalue weighted by molar-refractivity contribution is 5.77. The van der Waals surface area contributed by atoms with Crippen molar-refractivity contribution in [2.45, 2.75) is 33.2 Å². The Labute approximate surface area is 127 Å². The number of amides is 1. The van der Waals surface area contributed by atoms with Crippen molar-refractivity contribution in [1.82, 2.24) is 9.80 Å². The molecule has 116 valence electrons. The number of benzene rings is 1. The maximum absolute atomic E-state index is 12.2. The average Bonchev–Trinajstić information content (AvgIpc) is 2.53. The third kappa shape index (κ3) is 4.46. The summed E-state index contributed by atoms with van der Waals surface area (Å²) in [7, 11) is 0. The van der Waals surface area contributed by atoms with Crippen molar-refractivity contribution in [3.63, 3.8) is 0 Å². The third-order valence-corrected chi connectivity index (χ3v) is 4.26. The second-order valence-electron chi connectivity index (χ2n) is 5.78. The third-order valence-electron chi connectivity index (χ3n) is 4.26. The number of carbonyl (C=O) groups is 1. The van der Waals surface area contributed by atoms with Gasteiger partial charge in [0.25, 0.3) is 5.91 Å². The number of hydrogen-bond acceptors (Lipinski definition) is 3. The second-order valence-corrected chi connectivity index (χ2v) is 5.78. The molecule has 0 unspecified atom stereocenters. The van der Waals surface area contributed by atoms with Gasteiger partial charge in [-0.25, -0.2) is 0 Å². The fourth-order valence-corrected chi connectivity index (χ4v) is 2.54. The van der Waals surface area contributed by atoms with Gasteiger partial charge in [-0.3, -0.25) is 9.69 Å². The van der Waals surface area contributed by atoms with Crippen LogP contribution in [0.25, 0.3) is 0 Å². The molecule has 0 N–H and O–H groups in total. The Morgan fingerprint density at radius 2 is 1.81 bits per heavy atom. The van der Waals surface area contributed by atoms with Crippen molar-refractivity contribution in [1.29, 1.82) is 0 Å². The topological polar surface area (TPSA) is 32.8 Å². The van der Waals surface area contributed by atoms with Crippen molar-refractivity contribution >= 4 is 5.91 Å². The summed E-state index contributed by atoms with van der Waals surface area (Å²) in [6.07, 6.45) is 1.16. The van der Waals surface area contributed by atoms with Gasteiger partial charge in [-0.05, 0) is 32.4 Å². The molecular weight excluding hydrogens is 264 g/mol. The van der Waals surface area contributed by atoms with Crippen LogP contribution >= 0.6 is 0 Å². The van der Waals surface area contributed by atoms with Crippen LogP contribution in [0.4, 0.5) is 0 Å². The van der Waals surface area contributed by atoms with Gasteiger partial charge in [-0.2, -0.15) is 0 Å². The van der Waals surface area contributed by atoms with Crippen molar-refractivity contribution in [3.8, 4) is 5.75 Å². The van der Waals surface area contributed by atoms with Gasteiger partial charge in [-0.15, -0.1) is 0 Å². The van der Waals surface area contributed by atoms with E-state index in [-0.39, 0.29) is 12.5 Å². The van der Waals surface area contributed by atoms with Crippen LogP contribution in [0.2, 0.25) is 0 Å². The standard InChI is InChI=1S/C17H26N2O2/c1-4-15(3)18-9-11-19(12-10-18)17(20)13-21-16-7-5-14(2)6-8-16/h5-8,15H,4,9-13H2,1-3H3/t15-/m0/s1. The Balaban J connectivity index is 1.76. The van der Waals surface area contributed by atoms with Crippen LogP contribution in [0.3, 0.4) is 0 Å². The Bertz CT molecular complexity index is 450. The predicted octanol–water partition coefficient (Wildman–Crippen LogP) is 2.32. The molecule has 0 aliphatic carbocycles. The summed E-state index contributed by atoms with van der Waals surface area (Å²) < 4.78 is 5.57. The van der Waals surface area contributed by atoms with E-state index >= 15 is 0 Å². The van der Waals surface area contributed by atoms with Gasteiger partial charge in [0.1, 0.15) is 5.75 Å². The normalized spacial score (nSPS) is 17.6. The Kier molecular flexibility index (Phi) is 5.62. The van der Waals surface area contributed by atoms with E-state index in [1.807, 2.05) is 36.1 Å². The lowest BCUT2D eigenvalue weighted by Crippen LogP contribution is -2.52. The first kappa shape index (κ1) is 15.8. The summed E-state index contributed by atoms with van der Waals surface area (Å²) in [6, 6.07) is 8.40. The molecule has 1 atom stereocenters. The number of piperazine rings is 1. The van der Waals surface area contributed by atoms with E-state index in [0.717, 1.165) is 38.3 Å². The quantitative estimate of drug-likeness (QED) is 0.834. The first-order valence-electron chi connectivity index (χ1n) is 7.81. The van der Waals surface area contributed by atoms with Crippen LogP contribution in [0.1, 0.15) is 25.8 Å². The minimum absolute atomic E-state index is 0.0828. The van der Waals surface area contributed by atoms with Crippen molar-refractivity contribution in [3.05, 3.63) is 29.8 Å². The molecule has 4 heteroatoms. The number of aryl methyl sites for hydroxylation is 1. The fraction of sp³-hybridized carbons (Fsp3) is 0.588. The number of carbonyl (C=O) groups excluding carboxylic acids is 1. The maximum Gasteiger partial charge on any atom is 0.260 e. The smallest absolute Gasteiger partial charge is 0.260 e. The highest BCUT2D eigenvalue weighted by atomic mass is 16.5. The molecule has 2 rings (SSSR count). The zero-order valence-electron chi connectivity index (χ0n) is 13.3. The Hall–Kier alpha value is -1.55. The molecule has 1 aromatic rings. The minimum Gasteiger partial charge on any atom is -0.484 e. The number of rotatable bonds is 5. The van der Waals surface area contributed by atoms with Crippen molar-refractivity contribution in [2.75, 3.05) is 32.8 Å². The summed E-state index contributed by atoms with van der Waals surface area (Å²) >= 11 is 0. The zero-order valence-corrected chi connectivity index (χ0v) is 13.3. The summed E-state index contributed by atoms with van der Waals surface area (Å²) in [4.78, 5) is 16.5. The largest absolute Gasteiger partial charge is 0.484 e. The molecule has 0 radical (unpaired) electrons. The molecule has 1 heterocycles. The number of hydrogen-bond donors (Lipinski definition) is 0. The van der Waals surface area contributed by atoms with Crippen LogP contribution < -0.4 is 4.74 Å². The average molecular weight is 290 g/mol. The van der Waals surface area contributed by atoms with Gasteiger partial charge < -0.3 is 9.64 Å². The molecule has 0 spiro atoms. The lowest BCUT2D eigenvalue weighted by Gasteiger charge is -2.37. The molecule has 21 heavy (non-hydrogen) atoms. The Morgan fingerprint density at radius 3 is 2.38 bits per heavy atom. The molecule has 1 amide bonds. The van der Waals surface area contributed by atoms with Gasteiger partial charge in [0.2, 0.25) is 0 Å². The molecular formula is C17H26N2O2. The summed E-state index contributed by atoms with van der Waals surface area (Å²) in [5.74, 6) is 0.839. The first-order valence-corrected chi connectivity index (χ1v) is 7.81. The summed E-state index contributed by atoms with van der Waals surface area (Å²) in [6.45, 7) is 10.2. The zero-order chi connectivity index (χ0) is 15.2. The molecule has 0 bridgehead atoms. The lowest BCUT2D eigenvalue weighted by molar-refractivity contribution is -0.135. The molecule has 1 aliphatic rings. The van der Waals surface area contributed by atoms with Crippen LogP contribution in [-0.4, -0.2) is 54.5 Å². The number of nitrogens with zero attached hydrogens (tertiary/aromatic N) is 2. The number of ether oxygens (including phenoxy) is 1. The fourth-order valence-electron chi connectivity index (χ4n) is 2.54. The highest BCUT2D eigenvalue weighted by Crippen LogP contribution is 2.12. The molecule has 1 aromatic carbocycles. The van der Waals surface area contributed by atoms with E-state index in [4.69, 9.17) is 4.74 Å². The van der Waals surface area contributed by atoms with E-state index in [1.165, 1.54) is 5.56 Å². The lowest BCUT2D eigenvalue weighted by atomic mass is 10.2. The molecule has 4 nitrogen and oxygen atoms in total. The maximum atomic E-state index is 12.2. The van der Waals surface area contributed by atoms with E-state index in [2.05, 4.69) is 18.7 Å². The molecule has 1 saturated heterocycles. The molecule has 0 aromatic heterocycles. The van der Waals surface area contributed by atoms with Crippen LogP contribution in [0.15, 0.2) is 24.3 Å². The van der Waals surface area contributed by atoms with Crippen LogP contribution in [-0.2, 0) is 4.79 Å². The van der Waals surface area contributed by atoms with Crippen molar-refractivity contribution in [2.24, 2.45) is 0 Å².